The molecule has 8 heteroatoms. The fourth-order valence-corrected chi connectivity index (χ4v) is 4.52. The molecule has 1 aromatic carbocycles. The van der Waals surface area contributed by atoms with Crippen LogP contribution in [0.1, 0.15) is 51.4 Å². The monoisotopic (exact) mass is 401 g/mol. The quantitative estimate of drug-likeness (QED) is 0.662. The van der Waals surface area contributed by atoms with Crippen molar-refractivity contribution in [2.75, 3.05) is 17.2 Å². The Labute approximate surface area is 167 Å². The highest BCUT2D eigenvalue weighted by molar-refractivity contribution is 7.17. The van der Waals surface area contributed by atoms with Gasteiger partial charge >= 0.3 is 12.0 Å². The van der Waals surface area contributed by atoms with Crippen molar-refractivity contribution >= 4 is 39.9 Å². The van der Waals surface area contributed by atoms with Crippen molar-refractivity contribution in [2.24, 2.45) is 11.7 Å². The Bertz CT molecular complexity index is 905. The number of rotatable bonds is 5. The van der Waals surface area contributed by atoms with E-state index in [0.29, 0.717) is 34.3 Å². The number of nitrogens with two attached hydrogens (primary N) is 1. The first-order valence-corrected chi connectivity index (χ1v) is 10.00. The Kier molecular flexibility index (Phi) is 5.99. The third kappa shape index (κ3) is 4.33. The summed E-state index contributed by atoms with van der Waals surface area (Å²) in [4.78, 5) is 37.2. The van der Waals surface area contributed by atoms with Gasteiger partial charge in [-0.2, -0.15) is 0 Å². The van der Waals surface area contributed by atoms with E-state index in [1.807, 2.05) is 0 Å². The van der Waals surface area contributed by atoms with Gasteiger partial charge in [-0.25, -0.2) is 9.59 Å². The number of hydrogen-bond acceptors (Lipinski definition) is 5. The summed E-state index contributed by atoms with van der Waals surface area (Å²) in [5.41, 5.74) is 7.88. The predicted molar refractivity (Wildman–Crippen MR) is 109 cm³/mol. The van der Waals surface area contributed by atoms with Gasteiger partial charge in [-0.3, -0.25) is 10.1 Å². The molecule has 4 N–H and O–H groups in total. The van der Waals surface area contributed by atoms with Crippen molar-refractivity contribution in [3.63, 3.8) is 0 Å². The summed E-state index contributed by atoms with van der Waals surface area (Å²) in [6.07, 6.45) is 2.74. The molecule has 1 aliphatic carbocycles. The minimum atomic E-state index is -0.527. The lowest BCUT2D eigenvalue weighted by atomic mass is 9.87. The van der Waals surface area contributed by atoms with Gasteiger partial charge in [0.25, 0.3) is 5.91 Å². The van der Waals surface area contributed by atoms with Crippen molar-refractivity contribution in [2.45, 2.75) is 33.1 Å². The number of hydrogen-bond donors (Lipinski definition) is 3. The SMILES string of the molecule is CCOC(=O)c1ccc(NC(=O)Nc2sc3c(c2C(N)=O)C[C@H](C)CC3)cc1. The normalized spacial score (nSPS) is 15.4. The molecule has 0 bridgehead atoms. The first kappa shape index (κ1) is 19.9. The van der Waals surface area contributed by atoms with Gasteiger partial charge in [0, 0.05) is 10.6 Å². The summed E-state index contributed by atoms with van der Waals surface area (Å²) >= 11 is 1.41. The van der Waals surface area contributed by atoms with Crippen LogP contribution in [0.25, 0.3) is 0 Å². The average Bonchev–Trinajstić information content (AvgIpc) is 2.99. The highest BCUT2D eigenvalue weighted by Gasteiger charge is 2.27. The lowest BCUT2D eigenvalue weighted by Crippen LogP contribution is -2.22. The van der Waals surface area contributed by atoms with Crippen LogP contribution in [0.15, 0.2) is 24.3 Å². The molecular weight excluding hydrogens is 378 g/mol. The molecule has 1 atom stereocenters. The van der Waals surface area contributed by atoms with Gasteiger partial charge in [0.05, 0.1) is 17.7 Å². The van der Waals surface area contributed by atoms with Crippen molar-refractivity contribution in [3.05, 3.63) is 45.8 Å². The molecule has 3 amide bonds. The predicted octanol–water partition coefficient (Wildman–Crippen LogP) is 3.79. The first-order chi connectivity index (χ1) is 13.4. The Morgan fingerprint density at radius 2 is 1.93 bits per heavy atom. The van der Waals surface area contributed by atoms with Crippen molar-refractivity contribution in [1.82, 2.24) is 0 Å². The number of esters is 1. The summed E-state index contributed by atoms with van der Waals surface area (Å²) in [5, 5.41) is 5.92. The molecule has 3 rings (SSSR count). The number of primary amides is 1. The lowest BCUT2D eigenvalue weighted by molar-refractivity contribution is 0.0526. The average molecular weight is 401 g/mol. The molecule has 28 heavy (non-hydrogen) atoms. The van der Waals surface area contributed by atoms with E-state index in [1.54, 1.807) is 31.2 Å². The largest absolute Gasteiger partial charge is 0.462 e. The molecule has 0 aliphatic heterocycles. The lowest BCUT2D eigenvalue weighted by Gasteiger charge is -2.18. The van der Waals surface area contributed by atoms with Crippen LogP contribution < -0.4 is 16.4 Å². The van der Waals surface area contributed by atoms with Crippen LogP contribution in [0.4, 0.5) is 15.5 Å². The van der Waals surface area contributed by atoms with E-state index >= 15 is 0 Å². The zero-order valence-electron chi connectivity index (χ0n) is 15.8. The van der Waals surface area contributed by atoms with Crippen molar-refractivity contribution in [3.8, 4) is 0 Å². The van der Waals surface area contributed by atoms with Crippen molar-refractivity contribution in [1.29, 1.82) is 0 Å². The van der Waals surface area contributed by atoms with E-state index in [4.69, 9.17) is 10.5 Å². The standard InChI is InChI=1S/C20H23N3O4S/c1-3-27-19(25)12-5-7-13(8-6-12)22-20(26)23-18-16(17(21)24)14-10-11(2)4-9-15(14)28-18/h5-8,11H,3-4,9-10H2,1-2H3,(H2,21,24)(H2,22,23,26)/t11-/m1/s1. The highest BCUT2D eigenvalue weighted by Crippen LogP contribution is 2.39. The van der Waals surface area contributed by atoms with Crippen LogP contribution >= 0.6 is 11.3 Å². The molecule has 7 nitrogen and oxygen atoms in total. The van der Waals surface area contributed by atoms with Crippen LogP contribution in [-0.4, -0.2) is 24.5 Å². The van der Waals surface area contributed by atoms with E-state index in [1.165, 1.54) is 11.3 Å². The molecule has 0 saturated carbocycles. The van der Waals surface area contributed by atoms with Gasteiger partial charge in [-0.1, -0.05) is 6.92 Å². The topological polar surface area (TPSA) is 111 Å². The number of amides is 3. The number of anilines is 2. The number of carbonyl (C=O) groups is 3. The first-order valence-electron chi connectivity index (χ1n) is 9.18. The summed E-state index contributed by atoms with van der Waals surface area (Å²) in [6, 6.07) is 5.91. The number of urea groups is 1. The Hall–Kier alpha value is -2.87. The molecule has 1 heterocycles. The summed E-state index contributed by atoms with van der Waals surface area (Å²) in [7, 11) is 0. The smallest absolute Gasteiger partial charge is 0.338 e. The Balaban J connectivity index is 1.71. The van der Waals surface area contributed by atoms with Crippen LogP contribution in [0.5, 0.6) is 0 Å². The van der Waals surface area contributed by atoms with E-state index in [0.717, 1.165) is 29.7 Å². The molecule has 1 aliphatic rings. The number of aryl methyl sites for hydroxylation is 1. The second-order valence-corrected chi connectivity index (χ2v) is 7.90. The number of carbonyl (C=O) groups excluding carboxylic acids is 3. The van der Waals surface area contributed by atoms with Gasteiger partial charge in [-0.15, -0.1) is 11.3 Å². The fourth-order valence-electron chi connectivity index (χ4n) is 3.28. The van der Waals surface area contributed by atoms with Gasteiger partial charge in [0.15, 0.2) is 0 Å². The number of ether oxygens (including phenoxy) is 1. The molecule has 0 saturated heterocycles. The summed E-state index contributed by atoms with van der Waals surface area (Å²) < 4.78 is 4.93. The molecule has 0 unspecified atom stereocenters. The van der Waals surface area contributed by atoms with Crippen molar-refractivity contribution < 1.29 is 19.1 Å². The number of fused-ring (bicyclic) bond motifs is 1. The maximum Gasteiger partial charge on any atom is 0.338 e. The third-order valence-corrected chi connectivity index (χ3v) is 5.84. The van der Waals surface area contributed by atoms with Crippen LogP contribution in [0, 0.1) is 5.92 Å². The summed E-state index contributed by atoms with van der Waals surface area (Å²) in [5.74, 6) is -0.455. The van der Waals surface area contributed by atoms with Crippen LogP contribution in [0.3, 0.4) is 0 Å². The zero-order valence-corrected chi connectivity index (χ0v) is 16.7. The molecular formula is C20H23N3O4S. The Morgan fingerprint density at radius 1 is 1.21 bits per heavy atom. The molecule has 0 spiro atoms. The van der Waals surface area contributed by atoms with Gasteiger partial charge < -0.3 is 15.8 Å². The van der Waals surface area contributed by atoms with E-state index in [2.05, 4.69) is 17.6 Å². The van der Waals surface area contributed by atoms with Crippen LogP contribution in [0.2, 0.25) is 0 Å². The van der Waals surface area contributed by atoms with Gasteiger partial charge in [-0.05, 0) is 61.9 Å². The minimum absolute atomic E-state index is 0.299. The minimum Gasteiger partial charge on any atom is -0.462 e. The highest BCUT2D eigenvalue weighted by atomic mass is 32.1. The third-order valence-electron chi connectivity index (χ3n) is 4.63. The number of benzene rings is 1. The van der Waals surface area contributed by atoms with E-state index in [9.17, 15) is 14.4 Å². The number of nitrogens with one attached hydrogen (secondary N) is 2. The molecule has 148 valence electrons. The van der Waals surface area contributed by atoms with E-state index < -0.39 is 17.9 Å². The molecule has 0 fully saturated rings. The molecule has 2 aromatic rings. The second-order valence-electron chi connectivity index (χ2n) is 6.80. The number of thiophene rings is 1. The second kappa shape index (κ2) is 8.43. The zero-order chi connectivity index (χ0) is 20.3. The van der Waals surface area contributed by atoms with E-state index in [-0.39, 0.29) is 0 Å². The molecule has 0 radical (unpaired) electrons. The maximum absolute atomic E-state index is 12.4. The Morgan fingerprint density at radius 3 is 2.57 bits per heavy atom. The van der Waals surface area contributed by atoms with Gasteiger partial charge in [0.1, 0.15) is 5.00 Å². The van der Waals surface area contributed by atoms with Gasteiger partial charge in [0.2, 0.25) is 0 Å². The van der Waals surface area contributed by atoms with Crippen LogP contribution in [-0.2, 0) is 17.6 Å². The maximum atomic E-state index is 12.4. The fraction of sp³-hybridized carbons (Fsp3) is 0.350. The molecule has 1 aromatic heterocycles. The summed E-state index contributed by atoms with van der Waals surface area (Å²) in [6.45, 7) is 4.18.